The first kappa shape index (κ1) is 17.7. The smallest absolute Gasteiger partial charge is 0.322 e. The molecule has 0 aromatic heterocycles. The largest absolute Gasteiger partial charge is 0.416 e. The van der Waals surface area contributed by atoms with Crippen molar-refractivity contribution in [3.05, 3.63) is 89.5 Å². The summed E-state index contributed by atoms with van der Waals surface area (Å²) in [7, 11) is 0. The number of nitrogens with one attached hydrogen (secondary N) is 1. The molecule has 3 rings (SSSR count). The number of alkyl halides is 3. The Bertz CT molecular complexity index is 913. The molecule has 0 heterocycles. The van der Waals surface area contributed by atoms with Crippen LogP contribution >= 0.6 is 0 Å². The first-order chi connectivity index (χ1) is 12.3. The fraction of sp³-hybridized carbons (Fsp3) is 0.0952. The molecule has 0 spiro atoms. The van der Waals surface area contributed by atoms with Gasteiger partial charge in [0.25, 0.3) is 5.91 Å². The van der Waals surface area contributed by atoms with Gasteiger partial charge in [0, 0.05) is 11.3 Å². The first-order valence-electron chi connectivity index (χ1n) is 7.99. The van der Waals surface area contributed by atoms with E-state index in [2.05, 4.69) is 5.32 Å². The predicted octanol–water partition coefficient (Wildman–Crippen LogP) is 5.93. The van der Waals surface area contributed by atoms with Crippen LogP contribution in [0, 0.1) is 6.92 Å². The van der Waals surface area contributed by atoms with E-state index in [0.29, 0.717) is 22.4 Å². The number of carbonyl (C=O) groups is 1. The van der Waals surface area contributed by atoms with Gasteiger partial charge in [-0.1, -0.05) is 48.0 Å². The Balaban J connectivity index is 1.90. The molecule has 132 valence electrons. The van der Waals surface area contributed by atoms with Crippen LogP contribution in [0.15, 0.2) is 72.8 Å². The maximum atomic E-state index is 12.7. The van der Waals surface area contributed by atoms with Crippen molar-refractivity contribution < 1.29 is 18.0 Å². The van der Waals surface area contributed by atoms with Gasteiger partial charge in [0.2, 0.25) is 0 Å². The van der Waals surface area contributed by atoms with Gasteiger partial charge in [-0.2, -0.15) is 13.2 Å². The Morgan fingerprint density at radius 3 is 2.08 bits per heavy atom. The number of hydrogen-bond donors (Lipinski definition) is 1. The van der Waals surface area contributed by atoms with E-state index in [-0.39, 0.29) is 5.91 Å². The van der Waals surface area contributed by atoms with Gasteiger partial charge >= 0.3 is 6.18 Å². The Morgan fingerprint density at radius 1 is 0.846 bits per heavy atom. The highest BCUT2D eigenvalue weighted by Gasteiger charge is 2.30. The third-order valence-electron chi connectivity index (χ3n) is 4.00. The summed E-state index contributed by atoms with van der Waals surface area (Å²) in [5.74, 6) is -0.315. The molecule has 1 amide bonds. The van der Waals surface area contributed by atoms with Crippen molar-refractivity contribution >= 4 is 11.6 Å². The number of carbonyl (C=O) groups excluding carboxylic acids is 1. The van der Waals surface area contributed by atoms with Crippen LogP contribution < -0.4 is 5.32 Å². The summed E-state index contributed by atoms with van der Waals surface area (Å²) in [6, 6.07) is 19.0. The number of amides is 1. The Labute approximate surface area is 149 Å². The standard InChI is InChI=1S/C21H16F3NO/c1-14-6-12-17(13-7-14)25-20(26)19-5-3-2-4-18(19)15-8-10-16(11-9-15)21(22,23)24/h2-13H,1H3,(H,25,26). The van der Waals surface area contributed by atoms with Crippen LogP contribution in [-0.4, -0.2) is 5.91 Å². The van der Waals surface area contributed by atoms with Crippen molar-refractivity contribution in [2.75, 3.05) is 5.32 Å². The molecule has 3 aromatic rings. The summed E-state index contributed by atoms with van der Waals surface area (Å²) in [5.41, 5.74) is 2.53. The van der Waals surface area contributed by atoms with Gasteiger partial charge in [0.15, 0.2) is 0 Å². The normalized spacial score (nSPS) is 11.2. The highest BCUT2D eigenvalue weighted by molar-refractivity contribution is 6.08. The van der Waals surface area contributed by atoms with Gasteiger partial charge in [-0.3, -0.25) is 4.79 Å². The minimum atomic E-state index is -4.39. The van der Waals surface area contributed by atoms with Crippen molar-refractivity contribution in [2.45, 2.75) is 13.1 Å². The molecule has 0 aliphatic heterocycles. The van der Waals surface area contributed by atoms with E-state index in [1.54, 1.807) is 36.4 Å². The molecule has 2 nitrogen and oxygen atoms in total. The summed E-state index contributed by atoms with van der Waals surface area (Å²) in [5, 5.41) is 2.81. The lowest BCUT2D eigenvalue weighted by Crippen LogP contribution is -2.13. The topological polar surface area (TPSA) is 29.1 Å². The maximum Gasteiger partial charge on any atom is 0.416 e. The monoisotopic (exact) mass is 355 g/mol. The van der Waals surface area contributed by atoms with Gasteiger partial charge in [-0.15, -0.1) is 0 Å². The average Bonchev–Trinajstić information content (AvgIpc) is 2.63. The highest BCUT2D eigenvalue weighted by Crippen LogP contribution is 2.32. The molecule has 0 bridgehead atoms. The lowest BCUT2D eigenvalue weighted by atomic mass is 9.98. The zero-order valence-electron chi connectivity index (χ0n) is 14.0. The van der Waals surface area contributed by atoms with Crippen LogP contribution in [0.4, 0.5) is 18.9 Å². The van der Waals surface area contributed by atoms with E-state index in [1.807, 2.05) is 19.1 Å². The Kier molecular flexibility index (Phi) is 4.80. The number of benzene rings is 3. The summed E-state index contributed by atoms with van der Waals surface area (Å²) in [6.07, 6.45) is -4.39. The van der Waals surface area contributed by atoms with Crippen LogP contribution in [0.5, 0.6) is 0 Å². The number of aryl methyl sites for hydroxylation is 1. The van der Waals surface area contributed by atoms with Crippen LogP contribution in [0.25, 0.3) is 11.1 Å². The minimum absolute atomic E-state index is 0.315. The summed E-state index contributed by atoms with van der Waals surface area (Å²) in [4.78, 5) is 12.6. The summed E-state index contributed by atoms with van der Waals surface area (Å²) < 4.78 is 38.2. The molecule has 0 unspecified atom stereocenters. The number of hydrogen-bond acceptors (Lipinski definition) is 1. The lowest BCUT2D eigenvalue weighted by molar-refractivity contribution is -0.137. The van der Waals surface area contributed by atoms with Crippen LogP contribution in [-0.2, 0) is 6.18 Å². The van der Waals surface area contributed by atoms with E-state index in [1.165, 1.54) is 12.1 Å². The first-order valence-corrected chi connectivity index (χ1v) is 7.99. The number of rotatable bonds is 3. The van der Waals surface area contributed by atoms with Crippen molar-refractivity contribution in [3.63, 3.8) is 0 Å². The van der Waals surface area contributed by atoms with Gasteiger partial charge in [-0.25, -0.2) is 0 Å². The van der Waals surface area contributed by atoms with Gasteiger partial charge < -0.3 is 5.32 Å². The van der Waals surface area contributed by atoms with Crippen LogP contribution in [0.2, 0.25) is 0 Å². The molecule has 0 fully saturated rings. The van der Waals surface area contributed by atoms with E-state index in [0.717, 1.165) is 17.7 Å². The van der Waals surface area contributed by atoms with Crippen molar-refractivity contribution in [1.82, 2.24) is 0 Å². The van der Waals surface area contributed by atoms with Crippen molar-refractivity contribution in [2.24, 2.45) is 0 Å². The second-order valence-corrected chi connectivity index (χ2v) is 5.94. The summed E-state index contributed by atoms with van der Waals surface area (Å²) >= 11 is 0. The highest BCUT2D eigenvalue weighted by atomic mass is 19.4. The molecule has 0 atom stereocenters. The third-order valence-corrected chi connectivity index (χ3v) is 4.00. The Morgan fingerprint density at radius 2 is 1.46 bits per heavy atom. The predicted molar refractivity (Wildman–Crippen MR) is 96.0 cm³/mol. The lowest BCUT2D eigenvalue weighted by Gasteiger charge is -2.12. The van der Waals surface area contributed by atoms with E-state index >= 15 is 0 Å². The minimum Gasteiger partial charge on any atom is -0.322 e. The molecule has 0 saturated carbocycles. The van der Waals surface area contributed by atoms with Gasteiger partial charge in [0.1, 0.15) is 0 Å². The van der Waals surface area contributed by atoms with Crippen LogP contribution in [0.3, 0.4) is 0 Å². The second kappa shape index (κ2) is 7.04. The fourth-order valence-electron chi connectivity index (χ4n) is 2.61. The fourth-order valence-corrected chi connectivity index (χ4v) is 2.61. The molecular weight excluding hydrogens is 339 g/mol. The molecule has 3 aromatic carbocycles. The Hall–Kier alpha value is -3.08. The third kappa shape index (κ3) is 3.94. The number of halogens is 3. The molecular formula is C21H16F3NO. The molecule has 0 radical (unpaired) electrons. The SMILES string of the molecule is Cc1ccc(NC(=O)c2ccccc2-c2ccc(C(F)(F)F)cc2)cc1. The molecule has 0 saturated heterocycles. The zero-order chi connectivity index (χ0) is 18.7. The van der Waals surface area contributed by atoms with Crippen LogP contribution in [0.1, 0.15) is 21.5 Å². The molecule has 26 heavy (non-hydrogen) atoms. The average molecular weight is 355 g/mol. The maximum absolute atomic E-state index is 12.7. The van der Waals surface area contributed by atoms with E-state index < -0.39 is 11.7 Å². The van der Waals surface area contributed by atoms with Gasteiger partial charge in [0.05, 0.1) is 5.56 Å². The molecule has 0 aliphatic carbocycles. The molecule has 1 N–H and O–H groups in total. The molecule has 5 heteroatoms. The quantitative estimate of drug-likeness (QED) is 0.619. The molecule has 0 aliphatic rings. The van der Waals surface area contributed by atoms with E-state index in [4.69, 9.17) is 0 Å². The van der Waals surface area contributed by atoms with Gasteiger partial charge in [-0.05, 0) is 48.4 Å². The van der Waals surface area contributed by atoms with Crippen molar-refractivity contribution in [1.29, 1.82) is 0 Å². The number of anilines is 1. The summed E-state index contributed by atoms with van der Waals surface area (Å²) in [6.45, 7) is 1.95. The van der Waals surface area contributed by atoms with Crippen molar-refractivity contribution in [3.8, 4) is 11.1 Å². The van der Waals surface area contributed by atoms with E-state index in [9.17, 15) is 18.0 Å². The second-order valence-electron chi connectivity index (χ2n) is 5.94. The zero-order valence-corrected chi connectivity index (χ0v) is 14.0.